The number of nitrogens with zero attached hydrogens (tertiary/aromatic N) is 1. The summed E-state index contributed by atoms with van der Waals surface area (Å²) in [4.78, 5) is 30.4. The van der Waals surface area contributed by atoms with Crippen LogP contribution in [0.1, 0.15) is 27.0 Å². The van der Waals surface area contributed by atoms with Gasteiger partial charge in [0.25, 0.3) is 5.91 Å². The number of halogens is 1. The van der Waals surface area contributed by atoms with Crippen molar-refractivity contribution in [1.82, 2.24) is 9.71 Å². The van der Waals surface area contributed by atoms with E-state index in [9.17, 15) is 23.1 Å². The molecule has 8 nitrogen and oxygen atoms in total. The lowest BCUT2D eigenvalue weighted by Crippen LogP contribution is -2.42. The van der Waals surface area contributed by atoms with Gasteiger partial charge in [0.2, 0.25) is 10.0 Å². The Morgan fingerprint density at radius 2 is 1.57 bits per heavy atom. The Labute approximate surface area is 264 Å². The summed E-state index contributed by atoms with van der Waals surface area (Å²) < 4.78 is 28.2. The minimum atomic E-state index is -4.18. The van der Waals surface area contributed by atoms with Crippen LogP contribution in [0.25, 0.3) is 21.7 Å². The van der Waals surface area contributed by atoms with Gasteiger partial charge in [-0.1, -0.05) is 95.2 Å². The number of carboxylic acid groups (broad SMARTS) is 1. The number of carbonyl (C=O) groups excluding carboxylic acids is 1. The largest absolute Gasteiger partial charge is 0.480 e. The third kappa shape index (κ3) is 7.23. The van der Waals surface area contributed by atoms with Crippen molar-refractivity contribution in [2.75, 3.05) is 5.32 Å². The van der Waals surface area contributed by atoms with Crippen LogP contribution in [0.3, 0.4) is 0 Å². The molecule has 0 aliphatic heterocycles. The number of hydrogen-bond acceptors (Lipinski definition) is 6. The zero-order valence-electron chi connectivity index (χ0n) is 23.7. The van der Waals surface area contributed by atoms with Gasteiger partial charge in [0.15, 0.2) is 5.13 Å². The molecule has 1 amide bonds. The number of thiazole rings is 1. The third-order valence-electron chi connectivity index (χ3n) is 6.91. The Kier molecular flexibility index (Phi) is 9.26. The van der Waals surface area contributed by atoms with Crippen molar-refractivity contribution in [3.63, 3.8) is 0 Å². The number of rotatable bonds is 10. The maximum absolute atomic E-state index is 13.2. The number of aliphatic carboxylic acids is 1. The Morgan fingerprint density at radius 3 is 2.20 bits per heavy atom. The second-order valence-electron chi connectivity index (χ2n) is 10.2. The van der Waals surface area contributed by atoms with Crippen molar-refractivity contribution < 1.29 is 23.1 Å². The molecular formula is C33H28ClN3O5S2. The lowest BCUT2D eigenvalue weighted by atomic mass is 10.0. The molecule has 4 aromatic carbocycles. The molecular weight excluding hydrogens is 618 g/mol. The Bertz CT molecular complexity index is 1930. The number of amides is 1. The number of sulfonamides is 1. The normalized spacial score (nSPS) is 12.1. The minimum Gasteiger partial charge on any atom is -0.480 e. The van der Waals surface area contributed by atoms with Crippen LogP contribution >= 0.6 is 22.9 Å². The lowest BCUT2D eigenvalue weighted by molar-refractivity contribution is -0.138. The summed E-state index contributed by atoms with van der Waals surface area (Å²) in [5.74, 6) is -1.78. The molecule has 0 radical (unpaired) electrons. The van der Waals surface area contributed by atoms with Gasteiger partial charge in [-0.05, 0) is 67.3 Å². The van der Waals surface area contributed by atoms with Crippen LogP contribution < -0.4 is 10.0 Å². The van der Waals surface area contributed by atoms with Crippen LogP contribution in [0.5, 0.6) is 0 Å². The smallest absolute Gasteiger partial charge is 0.322 e. The fourth-order valence-corrected chi connectivity index (χ4v) is 6.81. The number of carbonyl (C=O) groups is 2. The maximum Gasteiger partial charge on any atom is 0.322 e. The number of aromatic nitrogens is 1. The average Bonchev–Trinajstić information content (AvgIpc) is 3.42. The van der Waals surface area contributed by atoms with Gasteiger partial charge in [-0.3, -0.25) is 14.9 Å². The SMILES string of the molecule is Cc1ccc(-c2sc(NC(=O)c3ccc(S(=O)(=O)NC(Cc4ccccc4)C(=O)O)cc3)nc2-c2ccc(C)c(Cl)c2)cc1. The van der Waals surface area contributed by atoms with Crippen molar-refractivity contribution in [3.8, 4) is 21.7 Å². The summed E-state index contributed by atoms with van der Waals surface area (Å²) in [6.07, 6.45) is -0.0228. The van der Waals surface area contributed by atoms with Crippen LogP contribution in [0.4, 0.5) is 5.13 Å². The molecule has 11 heteroatoms. The van der Waals surface area contributed by atoms with E-state index < -0.39 is 27.9 Å². The molecule has 1 heterocycles. The first-order valence-corrected chi connectivity index (χ1v) is 16.2. The van der Waals surface area contributed by atoms with E-state index in [4.69, 9.17) is 16.6 Å². The van der Waals surface area contributed by atoms with Gasteiger partial charge in [0, 0.05) is 16.1 Å². The van der Waals surface area contributed by atoms with E-state index in [1.54, 1.807) is 30.3 Å². The van der Waals surface area contributed by atoms with Crippen molar-refractivity contribution in [2.45, 2.75) is 31.2 Å². The van der Waals surface area contributed by atoms with Gasteiger partial charge in [-0.15, -0.1) is 0 Å². The molecule has 44 heavy (non-hydrogen) atoms. The van der Waals surface area contributed by atoms with Gasteiger partial charge in [-0.2, -0.15) is 4.72 Å². The van der Waals surface area contributed by atoms with E-state index in [0.29, 0.717) is 21.4 Å². The van der Waals surface area contributed by atoms with Crippen LogP contribution in [0.15, 0.2) is 102 Å². The van der Waals surface area contributed by atoms with E-state index >= 15 is 0 Å². The predicted molar refractivity (Wildman–Crippen MR) is 174 cm³/mol. The quantitative estimate of drug-likeness (QED) is 0.151. The molecule has 0 saturated carbocycles. The summed E-state index contributed by atoms with van der Waals surface area (Å²) in [5.41, 5.74) is 5.35. The first-order chi connectivity index (χ1) is 21.0. The molecule has 0 saturated heterocycles. The van der Waals surface area contributed by atoms with E-state index in [1.165, 1.54) is 35.6 Å². The Balaban J connectivity index is 1.36. The second-order valence-corrected chi connectivity index (χ2v) is 13.3. The van der Waals surface area contributed by atoms with Crippen molar-refractivity contribution >= 4 is 50.0 Å². The molecule has 1 unspecified atom stereocenters. The highest BCUT2D eigenvalue weighted by molar-refractivity contribution is 7.89. The minimum absolute atomic E-state index is 0.0228. The molecule has 1 atom stereocenters. The maximum atomic E-state index is 13.2. The van der Waals surface area contributed by atoms with Gasteiger partial charge < -0.3 is 5.11 Å². The molecule has 0 bridgehead atoms. The Hall–Kier alpha value is -4.35. The average molecular weight is 646 g/mol. The number of anilines is 1. The standard InChI is InChI=1S/C33H28ClN3O5S2/c1-20-8-11-23(12-9-20)30-29(25-13-10-21(2)27(34)19-25)35-33(43-30)36-31(38)24-14-16-26(17-15-24)44(41,42)37-28(32(39)40)18-22-6-4-3-5-7-22/h3-17,19,28,37H,18H2,1-2H3,(H,39,40)(H,35,36,38). The van der Waals surface area contributed by atoms with Crippen molar-refractivity contribution in [3.05, 3.63) is 124 Å². The second kappa shape index (κ2) is 13.1. The molecule has 5 aromatic rings. The predicted octanol–water partition coefficient (Wildman–Crippen LogP) is 6.97. The highest BCUT2D eigenvalue weighted by atomic mass is 35.5. The van der Waals surface area contributed by atoms with Gasteiger partial charge in [0.1, 0.15) is 6.04 Å². The molecule has 0 aliphatic carbocycles. The molecule has 224 valence electrons. The number of aryl methyl sites for hydroxylation is 2. The van der Waals surface area contributed by atoms with E-state index in [1.807, 2.05) is 56.3 Å². The molecule has 0 spiro atoms. The molecule has 1 aromatic heterocycles. The van der Waals surface area contributed by atoms with E-state index in [0.717, 1.165) is 27.1 Å². The summed E-state index contributed by atoms with van der Waals surface area (Å²) in [6, 6.07) is 26.3. The zero-order chi connectivity index (χ0) is 31.4. The zero-order valence-corrected chi connectivity index (χ0v) is 26.1. The number of hydrogen-bond donors (Lipinski definition) is 3. The highest BCUT2D eigenvalue weighted by Crippen LogP contribution is 2.40. The number of benzene rings is 4. The van der Waals surface area contributed by atoms with Gasteiger partial charge in [-0.25, -0.2) is 13.4 Å². The summed E-state index contributed by atoms with van der Waals surface area (Å²) in [7, 11) is -4.18. The fraction of sp³-hybridized carbons (Fsp3) is 0.121. The third-order valence-corrected chi connectivity index (χ3v) is 9.83. The van der Waals surface area contributed by atoms with Gasteiger partial charge >= 0.3 is 5.97 Å². The van der Waals surface area contributed by atoms with Crippen molar-refractivity contribution in [2.24, 2.45) is 0 Å². The first kappa shape index (κ1) is 31.1. The Morgan fingerprint density at radius 1 is 0.909 bits per heavy atom. The van der Waals surface area contributed by atoms with E-state index in [-0.39, 0.29) is 16.9 Å². The van der Waals surface area contributed by atoms with Crippen LogP contribution in [-0.4, -0.2) is 36.4 Å². The van der Waals surface area contributed by atoms with E-state index in [2.05, 4.69) is 10.0 Å². The summed E-state index contributed by atoms with van der Waals surface area (Å²) >= 11 is 7.72. The highest BCUT2D eigenvalue weighted by Gasteiger charge is 2.26. The van der Waals surface area contributed by atoms with Crippen LogP contribution in [-0.2, 0) is 21.2 Å². The molecule has 0 aliphatic rings. The monoisotopic (exact) mass is 645 g/mol. The summed E-state index contributed by atoms with van der Waals surface area (Å²) in [5, 5.41) is 13.4. The summed E-state index contributed by atoms with van der Waals surface area (Å²) in [6.45, 7) is 3.92. The fourth-order valence-electron chi connectivity index (χ4n) is 4.45. The molecule has 0 fully saturated rings. The van der Waals surface area contributed by atoms with Gasteiger partial charge in [0.05, 0.1) is 15.5 Å². The molecule has 3 N–H and O–H groups in total. The van der Waals surface area contributed by atoms with Crippen LogP contribution in [0.2, 0.25) is 5.02 Å². The first-order valence-electron chi connectivity index (χ1n) is 13.5. The van der Waals surface area contributed by atoms with Crippen LogP contribution in [0, 0.1) is 13.8 Å². The number of nitrogens with one attached hydrogen (secondary N) is 2. The topological polar surface area (TPSA) is 125 Å². The number of carboxylic acids is 1. The van der Waals surface area contributed by atoms with Crippen molar-refractivity contribution in [1.29, 1.82) is 0 Å². The lowest BCUT2D eigenvalue weighted by Gasteiger charge is -2.15. The molecule has 5 rings (SSSR count).